The molecule has 0 aliphatic heterocycles. The third-order valence-electron chi connectivity index (χ3n) is 2.32. The Labute approximate surface area is 96.6 Å². The number of hydrogen-bond donors (Lipinski definition) is 3. The van der Waals surface area contributed by atoms with Gasteiger partial charge in [-0.25, -0.2) is 0 Å². The molecule has 94 valence electrons. The average Bonchev–Trinajstić information content (AvgIpc) is 2.16. The lowest BCUT2D eigenvalue weighted by atomic mass is 10.0. The fraction of sp³-hybridized carbons (Fsp3) is 0.818. The smallest absolute Gasteiger partial charge is 0.221 e. The highest BCUT2D eigenvalue weighted by Crippen LogP contribution is 2.05. The molecular weight excluding hydrogens is 208 g/mol. The van der Waals surface area contributed by atoms with Gasteiger partial charge >= 0.3 is 0 Å². The van der Waals surface area contributed by atoms with Crippen molar-refractivity contribution in [1.82, 2.24) is 10.6 Å². The molecule has 5 heteroatoms. The fourth-order valence-electron chi connectivity index (χ4n) is 1.34. The molecule has 5 nitrogen and oxygen atoms in total. The van der Waals surface area contributed by atoms with E-state index in [-0.39, 0.29) is 36.8 Å². The Morgan fingerprint density at radius 3 is 2.38 bits per heavy atom. The second-order valence-electron chi connectivity index (χ2n) is 4.16. The zero-order valence-electron chi connectivity index (χ0n) is 10.2. The summed E-state index contributed by atoms with van der Waals surface area (Å²) in [6, 6.07) is -0.00479. The van der Waals surface area contributed by atoms with Crippen molar-refractivity contribution in [3.8, 4) is 0 Å². The van der Waals surface area contributed by atoms with Gasteiger partial charge in [0.1, 0.15) is 0 Å². The molecular formula is C11H22N2O3. The van der Waals surface area contributed by atoms with Crippen molar-refractivity contribution in [2.75, 3.05) is 13.2 Å². The van der Waals surface area contributed by atoms with Crippen molar-refractivity contribution in [1.29, 1.82) is 0 Å². The van der Waals surface area contributed by atoms with Gasteiger partial charge in [0.15, 0.2) is 0 Å². The number of aliphatic hydroxyl groups is 1. The Bertz CT molecular complexity index is 229. The van der Waals surface area contributed by atoms with E-state index >= 15 is 0 Å². The zero-order chi connectivity index (χ0) is 12.6. The SMILES string of the molecule is CC(=O)NCCC(=O)NC(CCO)C(C)C. The monoisotopic (exact) mass is 230 g/mol. The Balaban J connectivity index is 3.86. The quantitative estimate of drug-likeness (QED) is 0.577. The maximum Gasteiger partial charge on any atom is 0.221 e. The summed E-state index contributed by atoms with van der Waals surface area (Å²) in [6.45, 7) is 5.82. The normalized spacial score (nSPS) is 12.3. The molecule has 0 heterocycles. The minimum atomic E-state index is -0.136. The maximum atomic E-state index is 11.5. The molecule has 0 rings (SSSR count). The van der Waals surface area contributed by atoms with Crippen LogP contribution in [0.1, 0.15) is 33.6 Å². The summed E-state index contributed by atoms with van der Waals surface area (Å²) in [5.74, 6) is 0.0568. The highest BCUT2D eigenvalue weighted by molar-refractivity contribution is 5.78. The molecule has 0 spiro atoms. The van der Waals surface area contributed by atoms with E-state index in [4.69, 9.17) is 5.11 Å². The van der Waals surface area contributed by atoms with Gasteiger partial charge in [-0.3, -0.25) is 9.59 Å². The summed E-state index contributed by atoms with van der Waals surface area (Å²) in [5, 5.41) is 14.2. The van der Waals surface area contributed by atoms with Crippen LogP contribution in [0.25, 0.3) is 0 Å². The second kappa shape index (κ2) is 8.10. The van der Waals surface area contributed by atoms with Crippen LogP contribution in [0, 0.1) is 5.92 Å². The number of rotatable bonds is 7. The standard InChI is InChI=1S/C11H22N2O3/c1-8(2)10(5-7-14)13-11(16)4-6-12-9(3)15/h8,10,14H,4-7H2,1-3H3,(H,12,15)(H,13,16). The lowest BCUT2D eigenvalue weighted by Gasteiger charge is -2.21. The summed E-state index contributed by atoms with van der Waals surface area (Å²) < 4.78 is 0. The fourth-order valence-corrected chi connectivity index (χ4v) is 1.34. The van der Waals surface area contributed by atoms with Crippen molar-refractivity contribution in [2.45, 2.75) is 39.7 Å². The second-order valence-corrected chi connectivity index (χ2v) is 4.16. The van der Waals surface area contributed by atoms with E-state index in [1.54, 1.807) is 0 Å². The lowest BCUT2D eigenvalue weighted by molar-refractivity contribution is -0.122. The van der Waals surface area contributed by atoms with Crippen LogP contribution in [-0.2, 0) is 9.59 Å². The highest BCUT2D eigenvalue weighted by Gasteiger charge is 2.15. The van der Waals surface area contributed by atoms with E-state index in [9.17, 15) is 9.59 Å². The highest BCUT2D eigenvalue weighted by atomic mass is 16.3. The van der Waals surface area contributed by atoms with E-state index in [0.29, 0.717) is 13.0 Å². The molecule has 2 amide bonds. The average molecular weight is 230 g/mol. The van der Waals surface area contributed by atoms with Crippen molar-refractivity contribution in [2.24, 2.45) is 5.92 Å². The Morgan fingerprint density at radius 2 is 1.94 bits per heavy atom. The van der Waals surface area contributed by atoms with Crippen LogP contribution in [0.2, 0.25) is 0 Å². The van der Waals surface area contributed by atoms with Crippen LogP contribution in [-0.4, -0.2) is 36.1 Å². The van der Waals surface area contributed by atoms with Crippen LogP contribution in [0.5, 0.6) is 0 Å². The van der Waals surface area contributed by atoms with E-state index in [0.717, 1.165) is 0 Å². The van der Waals surface area contributed by atoms with Gasteiger partial charge in [0.2, 0.25) is 11.8 Å². The van der Waals surface area contributed by atoms with Crippen molar-refractivity contribution in [3.63, 3.8) is 0 Å². The third-order valence-corrected chi connectivity index (χ3v) is 2.32. The number of carbonyl (C=O) groups excluding carboxylic acids is 2. The van der Waals surface area contributed by atoms with Gasteiger partial charge in [-0.15, -0.1) is 0 Å². The van der Waals surface area contributed by atoms with E-state index in [2.05, 4.69) is 10.6 Å². The molecule has 0 aromatic carbocycles. The number of nitrogens with one attached hydrogen (secondary N) is 2. The molecule has 3 N–H and O–H groups in total. The molecule has 0 aliphatic rings. The summed E-state index contributed by atoms with van der Waals surface area (Å²) in [5.41, 5.74) is 0. The number of carbonyl (C=O) groups is 2. The first-order chi connectivity index (χ1) is 7.47. The van der Waals surface area contributed by atoms with E-state index in [1.165, 1.54) is 6.92 Å². The minimum absolute atomic E-state index is 0.00479. The molecule has 16 heavy (non-hydrogen) atoms. The zero-order valence-corrected chi connectivity index (χ0v) is 10.2. The van der Waals surface area contributed by atoms with Gasteiger partial charge in [-0.1, -0.05) is 13.8 Å². The summed E-state index contributed by atoms with van der Waals surface area (Å²) in [4.78, 5) is 22.1. The first-order valence-corrected chi connectivity index (χ1v) is 5.62. The largest absolute Gasteiger partial charge is 0.396 e. The first kappa shape index (κ1) is 14.9. The Hall–Kier alpha value is -1.10. The van der Waals surface area contributed by atoms with Crippen LogP contribution in [0.3, 0.4) is 0 Å². The topological polar surface area (TPSA) is 78.4 Å². The summed E-state index contributed by atoms with van der Waals surface area (Å²) >= 11 is 0. The van der Waals surface area contributed by atoms with Gasteiger partial charge < -0.3 is 15.7 Å². The summed E-state index contributed by atoms with van der Waals surface area (Å²) in [7, 11) is 0. The molecule has 0 bridgehead atoms. The van der Waals surface area contributed by atoms with Gasteiger partial charge in [-0.2, -0.15) is 0 Å². The third kappa shape index (κ3) is 7.23. The molecule has 0 saturated heterocycles. The number of aliphatic hydroxyl groups excluding tert-OH is 1. The van der Waals surface area contributed by atoms with Gasteiger partial charge in [0, 0.05) is 32.5 Å². The van der Waals surface area contributed by atoms with Gasteiger partial charge in [-0.05, 0) is 12.3 Å². The molecule has 0 aromatic rings. The van der Waals surface area contributed by atoms with E-state index in [1.807, 2.05) is 13.8 Å². The number of hydrogen-bond acceptors (Lipinski definition) is 3. The van der Waals surface area contributed by atoms with Crippen LogP contribution in [0.4, 0.5) is 0 Å². The number of amides is 2. The van der Waals surface area contributed by atoms with Gasteiger partial charge in [0.05, 0.1) is 0 Å². The summed E-state index contributed by atoms with van der Waals surface area (Å²) in [6.07, 6.45) is 0.831. The van der Waals surface area contributed by atoms with Crippen molar-refractivity contribution >= 4 is 11.8 Å². The van der Waals surface area contributed by atoms with Crippen LogP contribution in [0.15, 0.2) is 0 Å². The molecule has 1 atom stereocenters. The minimum Gasteiger partial charge on any atom is -0.396 e. The predicted octanol–water partition coefficient (Wildman–Crippen LogP) is 0.0358. The molecule has 1 unspecified atom stereocenters. The predicted molar refractivity (Wildman–Crippen MR) is 61.8 cm³/mol. The Morgan fingerprint density at radius 1 is 1.31 bits per heavy atom. The van der Waals surface area contributed by atoms with Crippen molar-refractivity contribution < 1.29 is 14.7 Å². The van der Waals surface area contributed by atoms with E-state index < -0.39 is 0 Å². The lowest BCUT2D eigenvalue weighted by Crippen LogP contribution is -2.40. The molecule has 0 aromatic heterocycles. The van der Waals surface area contributed by atoms with Gasteiger partial charge in [0.25, 0.3) is 0 Å². The van der Waals surface area contributed by atoms with Crippen LogP contribution >= 0.6 is 0 Å². The molecule has 0 radical (unpaired) electrons. The van der Waals surface area contributed by atoms with Crippen LogP contribution < -0.4 is 10.6 Å². The molecule has 0 fully saturated rings. The van der Waals surface area contributed by atoms with Crippen molar-refractivity contribution in [3.05, 3.63) is 0 Å². The first-order valence-electron chi connectivity index (χ1n) is 5.62. The molecule has 0 aliphatic carbocycles. The Kier molecular flexibility index (Phi) is 7.54. The maximum absolute atomic E-state index is 11.5. The molecule has 0 saturated carbocycles.